The van der Waals surface area contributed by atoms with Crippen LogP contribution in [0, 0.1) is 5.82 Å². The first kappa shape index (κ1) is 9.46. The van der Waals surface area contributed by atoms with Crippen molar-refractivity contribution in [1.29, 1.82) is 0 Å². The number of alkyl halides is 1. The van der Waals surface area contributed by atoms with Gasteiger partial charge >= 0.3 is 0 Å². The Morgan fingerprint density at radius 2 is 2.17 bits per heavy atom. The fraction of sp³-hybridized carbons (Fsp3) is 0.333. The predicted octanol–water partition coefficient (Wildman–Crippen LogP) is 3.90. The van der Waals surface area contributed by atoms with Gasteiger partial charge in [0.15, 0.2) is 0 Å². The van der Waals surface area contributed by atoms with Gasteiger partial charge in [0.05, 0.1) is 0 Å². The Morgan fingerprint density at radius 1 is 1.50 bits per heavy atom. The molecule has 0 amide bonds. The molecule has 1 rings (SSSR count). The fourth-order valence-corrected chi connectivity index (χ4v) is 1.13. The minimum absolute atomic E-state index is 0.0851. The Labute approximate surface area is 75.2 Å². The van der Waals surface area contributed by atoms with E-state index in [4.69, 9.17) is 11.6 Å². The van der Waals surface area contributed by atoms with Crippen LogP contribution < -0.4 is 0 Å². The molecule has 12 heavy (non-hydrogen) atoms. The third-order valence-electron chi connectivity index (χ3n) is 1.66. The van der Waals surface area contributed by atoms with E-state index >= 15 is 0 Å². The van der Waals surface area contributed by atoms with Gasteiger partial charge in [-0.1, -0.05) is 24.6 Å². The molecule has 0 spiro atoms. The van der Waals surface area contributed by atoms with Crippen LogP contribution in [0.4, 0.5) is 8.78 Å². The van der Waals surface area contributed by atoms with E-state index in [0.717, 1.165) is 6.07 Å². The molecule has 0 aliphatic carbocycles. The molecule has 0 saturated carbocycles. The predicted molar refractivity (Wildman–Crippen MR) is 45.6 cm³/mol. The van der Waals surface area contributed by atoms with Crippen LogP contribution in [0.2, 0.25) is 5.02 Å². The minimum atomic E-state index is -1.23. The number of halogens is 3. The summed E-state index contributed by atoms with van der Waals surface area (Å²) < 4.78 is 25.9. The number of rotatable bonds is 2. The van der Waals surface area contributed by atoms with Crippen molar-refractivity contribution in [1.82, 2.24) is 0 Å². The average Bonchev–Trinajstić information content (AvgIpc) is 2.03. The molecule has 0 N–H and O–H groups in total. The maximum absolute atomic E-state index is 13.0. The van der Waals surface area contributed by atoms with Crippen molar-refractivity contribution >= 4 is 11.6 Å². The van der Waals surface area contributed by atoms with E-state index in [1.54, 1.807) is 6.92 Å². The zero-order valence-electron chi connectivity index (χ0n) is 6.65. The summed E-state index contributed by atoms with van der Waals surface area (Å²) in [5.41, 5.74) is 0.0851. The summed E-state index contributed by atoms with van der Waals surface area (Å²) in [6.07, 6.45) is -0.958. The summed E-state index contributed by atoms with van der Waals surface area (Å²) in [4.78, 5) is 0. The zero-order chi connectivity index (χ0) is 9.14. The molecule has 0 fully saturated rings. The van der Waals surface area contributed by atoms with E-state index in [9.17, 15) is 8.78 Å². The van der Waals surface area contributed by atoms with E-state index in [2.05, 4.69) is 0 Å². The molecule has 0 saturated heterocycles. The van der Waals surface area contributed by atoms with Gasteiger partial charge in [0.2, 0.25) is 0 Å². The normalized spacial score (nSPS) is 13.0. The standard InChI is InChI=1S/C9H9ClF2/c1-2-8(11)7-4-3-6(10)5-9(7)12/h3-5,8H,2H2,1H3. The third kappa shape index (κ3) is 1.95. The molecule has 0 aromatic heterocycles. The lowest BCUT2D eigenvalue weighted by Crippen LogP contribution is -1.93. The molecule has 1 unspecified atom stereocenters. The van der Waals surface area contributed by atoms with E-state index < -0.39 is 12.0 Å². The van der Waals surface area contributed by atoms with Crippen LogP contribution >= 0.6 is 11.6 Å². The number of hydrogen-bond acceptors (Lipinski definition) is 0. The highest BCUT2D eigenvalue weighted by molar-refractivity contribution is 6.30. The lowest BCUT2D eigenvalue weighted by atomic mass is 10.1. The second kappa shape index (κ2) is 3.85. The average molecular weight is 191 g/mol. The van der Waals surface area contributed by atoms with Gasteiger partial charge in [-0.15, -0.1) is 0 Å². The SMILES string of the molecule is CCC(F)c1ccc(Cl)cc1F. The largest absolute Gasteiger partial charge is 0.242 e. The van der Waals surface area contributed by atoms with E-state index in [0.29, 0.717) is 5.02 Å². The van der Waals surface area contributed by atoms with Crippen molar-refractivity contribution in [2.45, 2.75) is 19.5 Å². The molecule has 1 aromatic carbocycles. The van der Waals surface area contributed by atoms with Crippen molar-refractivity contribution in [2.75, 3.05) is 0 Å². The molecule has 0 aliphatic rings. The molecule has 1 atom stereocenters. The summed E-state index contributed by atoms with van der Waals surface area (Å²) in [5.74, 6) is -0.572. The van der Waals surface area contributed by atoms with E-state index in [1.807, 2.05) is 0 Å². The number of benzene rings is 1. The summed E-state index contributed by atoms with van der Waals surface area (Å²) in [7, 11) is 0. The van der Waals surface area contributed by atoms with Crippen LogP contribution in [0.3, 0.4) is 0 Å². The first-order valence-corrected chi connectivity index (χ1v) is 4.12. The lowest BCUT2D eigenvalue weighted by Gasteiger charge is -2.06. The van der Waals surface area contributed by atoms with Crippen molar-refractivity contribution in [2.24, 2.45) is 0 Å². The smallest absolute Gasteiger partial charge is 0.130 e. The van der Waals surface area contributed by atoms with Gasteiger partial charge in [-0.3, -0.25) is 0 Å². The minimum Gasteiger partial charge on any atom is -0.242 e. The maximum atomic E-state index is 13.0. The molecule has 0 radical (unpaired) electrons. The molecule has 0 aliphatic heterocycles. The molecular weight excluding hydrogens is 182 g/mol. The summed E-state index contributed by atoms with van der Waals surface area (Å²) >= 11 is 5.50. The summed E-state index contributed by atoms with van der Waals surface area (Å²) in [6.45, 7) is 1.67. The Hall–Kier alpha value is -0.630. The van der Waals surface area contributed by atoms with Crippen LogP contribution in [0.15, 0.2) is 18.2 Å². The van der Waals surface area contributed by atoms with E-state index in [1.165, 1.54) is 12.1 Å². The van der Waals surface area contributed by atoms with Crippen LogP contribution in [0.1, 0.15) is 25.1 Å². The molecule has 0 heterocycles. The molecule has 0 bridgehead atoms. The molecule has 0 nitrogen and oxygen atoms in total. The van der Waals surface area contributed by atoms with Gasteiger partial charge in [-0.2, -0.15) is 0 Å². The van der Waals surface area contributed by atoms with E-state index in [-0.39, 0.29) is 12.0 Å². The van der Waals surface area contributed by atoms with Crippen LogP contribution in [-0.2, 0) is 0 Å². The van der Waals surface area contributed by atoms with Crippen LogP contribution in [0.5, 0.6) is 0 Å². The van der Waals surface area contributed by atoms with Gasteiger partial charge < -0.3 is 0 Å². The van der Waals surface area contributed by atoms with Crippen molar-refractivity contribution in [3.05, 3.63) is 34.6 Å². The Bertz CT molecular complexity index is 273. The highest BCUT2D eigenvalue weighted by atomic mass is 35.5. The lowest BCUT2D eigenvalue weighted by molar-refractivity contribution is 0.324. The van der Waals surface area contributed by atoms with Crippen molar-refractivity contribution in [3.63, 3.8) is 0 Å². The van der Waals surface area contributed by atoms with Gasteiger partial charge in [0.25, 0.3) is 0 Å². The number of hydrogen-bond donors (Lipinski definition) is 0. The summed E-state index contributed by atoms with van der Waals surface area (Å²) in [5, 5.41) is 0.291. The van der Waals surface area contributed by atoms with Crippen LogP contribution in [0.25, 0.3) is 0 Å². The second-order valence-electron chi connectivity index (χ2n) is 2.54. The van der Waals surface area contributed by atoms with Crippen molar-refractivity contribution < 1.29 is 8.78 Å². The van der Waals surface area contributed by atoms with Crippen LogP contribution in [-0.4, -0.2) is 0 Å². The third-order valence-corrected chi connectivity index (χ3v) is 1.89. The monoisotopic (exact) mass is 190 g/mol. The summed E-state index contributed by atoms with van der Waals surface area (Å²) in [6, 6.07) is 3.99. The second-order valence-corrected chi connectivity index (χ2v) is 2.98. The topological polar surface area (TPSA) is 0 Å². The Kier molecular flexibility index (Phi) is 3.04. The Balaban J connectivity index is 3.01. The molecule has 3 heteroatoms. The molecule has 1 aromatic rings. The highest BCUT2D eigenvalue weighted by Gasteiger charge is 2.12. The fourth-order valence-electron chi connectivity index (χ4n) is 0.975. The first-order chi connectivity index (χ1) is 5.65. The highest BCUT2D eigenvalue weighted by Crippen LogP contribution is 2.25. The van der Waals surface area contributed by atoms with Gasteiger partial charge in [-0.25, -0.2) is 8.78 Å². The van der Waals surface area contributed by atoms with Gasteiger partial charge in [0, 0.05) is 10.6 Å². The first-order valence-electron chi connectivity index (χ1n) is 3.74. The maximum Gasteiger partial charge on any atom is 0.130 e. The Morgan fingerprint density at radius 3 is 2.67 bits per heavy atom. The van der Waals surface area contributed by atoms with Gasteiger partial charge in [-0.05, 0) is 18.6 Å². The molecule has 66 valence electrons. The van der Waals surface area contributed by atoms with Gasteiger partial charge in [0.1, 0.15) is 12.0 Å². The van der Waals surface area contributed by atoms with Crippen molar-refractivity contribution in [3.8, 4) is 0 Å². The zero-order valence-corrected chi connectivity index (χ0v) is 7.41. The quantitative estimate of drug-likeness (QED) is 0.664. The molecular formula is C9H9ClF2.